The van der Waals surface area contributed by atoms with Gasteiger partial charge in [0.25, 0.3) is 0 Å². The molecule has 0 amide bonds. The molecule has 2 aromatic carbocycles. The summed E-state index contributed by atoms with van der Waals surface area (Å²) in [6.07, 6.45) is 1.25. The average Bonchev–Trinajstić information content (AvgIpc) is 3.20. The van der Waals surface area contributed by atoms with E-state index in [1.165, 1.54) is 24.0 Å². The SMILES string of the molecule is COC(=O)c1c(OCc2ccccc2)c2cccc(C(=O)O)c2c2ncnn12. The Balaban J connectivity index is 2.02. The van der Waals surface area contributed by atoms with Gasteiger partial charge < -0.3 is 14.6 Å². The van der Waals surface area contributed by atoms with Crippen LogP contribution in [-0.4, -0.2) is 38.8 Å². The second-order valence-corrected chi connectivity index (χ2v) is 5.97. The molecule has 0 saturated carbocycles. The summed E-state index contributed by atoms with van der Waals surface area (Å²) in [6.45, 7) is 0.178. The summed E-state index contributed by atoms with van der Waals surface area (Å²) in [5.74, 6) is -1.59. The number of fused-ring (bicyclic) bond motifs is 3. The van der Waals surface area contributed by atoms with Crippen molar-refractivity contribution in [2.45, 2.75) is 6.61 Å². The van der Waals surface area contributed by atoms with E-state index in [9.17, 15) is 14.7 Å². The number of rotatable bonds is 5. The second kappa shape index (κ2) is 6.99. The Kier molecular flexibility index (Phi) is 4.36. The van der Waals surface area contributed by atoms with Crippen LogP contribution in [0.4, 0.5) is 0 Å². The summed E-state index contributed by atoms with van der Waals surface area (Å²) in [5.41, 5.74) is 1.21. The Morgan fingerprint density at radius 3 is 2.61 bits per heavy atom. The van der Waals surface area contributed by atoms with E-state index in [0.717, 1.165) is 5.56 Å². The van der Waals surface area contributed by atoms with Crippen LogP contribution in [0.2, 0.25) is 0 Å². The fourth-order valence-corrected chi connectivity index (χ4v) is 3.11. The second-order valence-electron chi connectivity index (χ2n) is 5.97. The highest BCUT2D eigenvalue weighted by Gasteiger charge is 2.26. The molecule has 0 fully saturated rings. The van der Waals surface area contributed by atoms with Crippen LogP contribution in [0, 0.1) is 0 Å². The van der Waals surface area contributed by atoms with E-state index in [1.54, 1.807) is 12.1 Å². The molecule has 0 spiro atoms. The van der Waals surface area contributed by atoms with Gasteiger partial charge in [-0.25, -0.2) is 19.1 Å². The normalized spacial score (nSPS) is 10.9. The minimum atomic E-state index is -1.12. The summed E-state index contributed by atoms with van der Waals surface area (Å²) in [5, 5.41) is 14.5. The Morgan fingerprint density at radius 1 is 1.11 bits per heavy atom. The third kappa shape index (κ3) is 2.81. The smallest absolute Gasteiger partial charge is 0.360 e. The Morgan fingerprint density at radius 2 is 1.89 bits per heavy atom. The third-order valence-corrected chi connectivity index (χ3v) is 4.34. The number of hydrogen-bond acceptors (Lipinski definition) is 6. The average molecular weight is 377 g/mol. The summed E-state index contributed by atoms with van der Waals surface area (Å²) in [7, 11) is 1.25. The maximum absolute atomic E-state index is 12.5. The molecule has 0 saturated heterocycles. The van der Waals surface area contributed by atoms with Gasteiger partial charge in [0.05, 0.1) is 12.7 Å². The van der Waals surface area contributed by atoms with Crippen LogP contribution in [0.5, 0.6) is 5.75 Å². The van der Waals surface area contributed by atoms with Crippen molar-refractivity contribution in [2.24, 2.45) is 0 Å². The molecule has 2 aromatic heterocycles. The Labute approximate surface area is 159 Å². The predicted molar refractivity (Wildman–Crippen MR) is 99.6 cm³/mol. The van der Waals surface area contributed by atoms with E-state index in [4.69, 9.17) is 9.47 Å². The maximum atomic E-state index is 12.5. The molecule has 8 heteroatoms. The van der Waals surface area contributed by atoms with Crippen LogP contribution < -0.4 is 4.74 Å². The fourth-order valence-electron chi connectivity index (χ4n) is 3.11. The van der Waals surface area contributed by atoms with Crippen molar-refractivity contribution >= 4 is 28.4 Å². The molecule has 4 rings (SSSR count). The zero-order valence-corrected chi connectivity index (χ0v) is 14.8. The largest absolute Gasteiger partial charge is 0.486 e. The molecule has 2 heterocycles. The number of carbonyl (C=O) groups excluding carboxylic acids is 1. The zero-order valence-electron chi connectivity index (χ0n) is 14.8. The van der Waals surface area contributed by atoms with Crippen molar-refractivity contribution in [1.82, 2.24) is 14.6 Å². The molecule has 0 bridgehead atoms. The summed E-state index contributed by atoms with van der Waals surface area (Å²) in [4.78, 5) is 28.4. The fraction of sp³-hybridized carbons (Fsp3) is 0.100. The third-order valence-electron chi connectivity index (χ3n) is 4.34. The number of methoxy groups -OCH3 is 1. The van der Waals surface area contributed by atoms with Crippen molar-refractivity contribution in [2.75, 3.05) is 7.11 Å². The highest BCUT2D eigenvalue weighted by molar-refractivity contribution is 6.13. The van der Waals surface area contributed by atoms with Gasteiger partial charge in [-0.1, -0.05) is 42.5 Å². The molecule has 140 valence electrons. The van der Waals surface area contributed by atoms with Gasteiger partial charge in [0, 0.05) is 10.8 Å². The number of carboxylic acids is 1. The number of aromatic nitrogens is 3. The number of pyridine rings is 1. The van der Waals surface area contributed by atoms with Gasteiger partial charge in [-0.2, -0.15) is 5.10 Å². The number of benzene rings is 2. The molecule has 4 aromatic rings. The summed E-state index contributed by atoms with van der Waals surface area (Å²) >= 11 is 0. The molecule has 0 atom stereocenters. The molecular weight excluding hydrogens is 362 g/mol. The van der Waals surface area contributed by atoms with Crippen LogP contribution in [-0.2, 0) is 11.3 Å². The summed E-state index contributed by atoms with van der Waals surface area (Å²) in [6, 6.07) is 14.2. The van der Waals surface area contributed by atoms with Crippen molar-refractivity contribution < 1.29 is 24.2 Å². The summed E-state index contributed by atoms with van der Waals surface area (Å²) < 4.78 is 12.1. The first-order valence-corrected chi connectivity index (χ1v) is 8.38. The van der Waals surface area contributed by atoms with E-state index < -0.39 is 11.9 Å². The topological polar surface area (TPSA) is 103 Å². The molecule has 1 N–H and O–H groups in total. The van der Waals surface area contributed by atoms with Gasteiger partial charge in [0.2, 0.25) is 0 Å². The molecule has 0 radical (unpaired) electrons. The van der Waals surface area contributed by atoms with E-state index >= 15 is 0 Å². The molecule has 8 nitrogen and oxygen atoms in total. The Bertz CT molecular complexity index is 1200. The molecule has 0 unspecified atom stereocenters. The van der Waals surface area contributed by atoms with Gasteiger partial charge in [0.15, 0.2) is 17.1 Å². The minimum Gasteiger partial charge on any atom is -0.486 e. The zero-order chi connectivity index (χ0) is 19.7. The number of esters is 1. The van der Waals surface area contributed by atoms with E-state index in [-0.39, 0.29) is 29.3 Å². The monoisotopic (exact) mass is 377 g/mol. The van der Waals surface area contributed by atoms with Crippen LogP contribution in [0.25, 0.3) is 16.4 Å². The first-order chi connectivity index (χ1) is 13.6. The van der Waals surface area contributed by atoms with Crippen molar-refractivity contribution in [3.05, 3.63) is 71.7 Å². The number of hydrogen-bond donors (Lipinski definition) is 1. The van der Waals surface area contributed by atoms with E-state index in [1.807, 2.05) is 30.3 Å². The number of carboxylic acid groups (broad SMARTS) is 1. The lowest BCUT2D eigenvalue weighted by molar-refractivity contribution is 0.0584. The van der Waals surface area contributed by atoms with Crippen molar-refractivity contribution in [3.8, 4) is 5.75 Å². The highest BCUT2D eigenvalue weighted by Crippen LogP contribution is 2.35. The standard InChI is InChI=1S/C20H15N3O5/c1-27-20(26)16-17(28-10-12-6-3-2-4-7-12)13-8-5-9-14(19(24)25)15(13)18-21-11-22-23(16)18/h2-9,11H,10H2,1H3,(H,24,25). The lowest BCUT2D eigenvalue weighted by Crippen LogP contribution is -2.14. The van der Waals surface area contributed by atoms with Gasteiger partial charge in [-0.05, 0) is 11.6 Å². The predicted octanol–water partition coefficient (Wildman–Crippen LogP) is 2.95. The van der Waals surface area contributed by atoms with Crippen LogP contribution in [0.15, 0.2) is 54.9 Å². The van der Waals surface area contributed by atoms with Gasteiger partial charge in [0.1, 0.15) is 12.9 Å². The lowest BCUT2D eigenvalue weighted by atomic mass is 10.0. The lowest BCUT2D eigenvalue weighted by Gasteiger charge is -2.16. The Hall–Kier alpha value is -3.94. The minimum absolute atomic E-state index is 0.0384. The van der Waals surface area contributed by atoms with E-state index in [2.05, 4.69) is 10.1 Å². The molecular formula is C20H15N3O5. The first-order valence-electron chi connectivity index (χ1n) is 8.38. The number of aromatic carboxylic acids is 1. The molecule has 0 aliphatic heterocycles. The number of nitrogens with zero attached hydrogens (tertiary/aromatic N) is 3. The molecule has 0 aliphatic rings. The van der Waals surface area contributed by atoms with Crippen molar-refractivity contribution in [3.63, 3.8) is 0 Å². The highest BCUT2D eigenvalue weighted by atomic mass is 16.5. The van der Waals surface area contributed by atoms with Gasteiger partial charge in [-0.15, -0.1) is 0 Å². The van der Waals surface area contributed by atoms with Gasteiger partial charge in [-0.3, -0.25) is 0 Å². The molecule has 0 aliphatic carbocycles. The van der Waals surface area contributed by atoms with Crippen molar-refractivity contribution in [1.29, 1.82) is 0 Å². The first kappa shape index (κ1) is 17.5. The maximum Gasteiger partial charge on any atom is 0.360 e. The number of carbonyl (C=O) groups is 2. The van der Waals surface area contributed by atoms with E-state index in [0.29, 0.717) is 10.8 Å². The number of ether oxygens (including phenoxy) is 2. The van der Waals surface area contributed by atoms with Gasteiger partial charge >= 0.3 is 11.9 Å². The van der Waals surface area contributed by atoms with Crippen LogP contribution in [0.3, 0.4) is 0 Å². The quantitative estimate of drug-likeness (QED) is 0.533. The molecule has 28 heavy (non-hydrogen) atoms. The van der Waals surface area contributed by atoms with Crippen LogP contribution in [0.1, 0.15) is 26.4 Å². The van der Waals surface area contributed by atoms with Crippen LogP contribution >= 0.6 is 0 Å².